The summed E-state index contributed by atoms with van der Waals surface area (Å²) in [6.45, 7) is 3.41. The van der Waals surface area contributed by atoms with E-state index in [-0.39, 0.29) is 11.8 Å². The molecule has 0 amide bonds. The Kier molecular flexibility index (Phi) is 5.31. The zero-order valence-electron chi connectivity index (χ0n) is 16.3. The van der Waals surface area contributed by atoms with Gasteiger partial charge in [0.05, 0.1) is 13.7 Å². The second-order valence-corrected chi connectivity index (χ2v) is 6.75. The maximum absolute atomic E-state index is 13.9. The van der Waals surface area contributed by atoms with Crippen LogP contribution in [0.2, 0.25) is 0 Å². The molecule has 0 fully saturated rings. The molecule has 1 aliphatic rings. The van der Waals surface area contributed by atoms with Gasteiger partial charge in [-0.3, -0.25) is 0 Å². The van der Waals surface area contributed by atoms with Crippen LogP contribution in [0, 0.1) is 5.82 Å². The molecule has 0 saturated heterocycles. The zero-order valence-corrected chi connectivity index (χ0v) is 16.3. The molecule has 2 aromatic heterocycles. The lowest BCUT2D eigenvalue weighted by Gasteiger charge is -2.19. The average molecular weight is 395 g/mol. The fourth-order valence-corrected chi connectivity index (χ4v) is 3.70. The third-order valence-electron chi connectivity index (χ3n) is 5.05. The fraction of sp³-hybridized carbons (Fsp3) is 0.273. The van der Waals surface area contributed by atoms with Gasteiger partial charge in [-0.05, 0) is 61.4 Å². The highest BCUT2D eigenvalue weighted by atomic mass is 19.1. The molecule has 0 saturated carbocycles. The first-order valence-corrected chi connectivity index (χ1v) is 9.54. The van der Waals surface area contributed by atoms with Crippen molar-refractivity contribution in [2.75, 3.05) is 26.8 Å². The minimum Gasteiger partial charge on any atom is -0.496 e. The van der Waals surface area contributed by atoms with Gasteiger partial charge in [0.25, 0.3) is 0 Å². The molecule has 7 heteroatoms. The predicted octanol–water partition coefficient (Wildman–Crippen LogP) is 3.69. The smallest absolute Gasteiger partial charge is 0.334 e. The highest BCUT2D eigenvalue weighted by molar-refractivity contribution is 6.01. The molecule has 6 nitrogen and oxygen atoms in total. The van der Waals surface area contributed by atoms with Gasteiger partial charge in [0.2, 0.25) is 0 Å². The van der Waals surface area contributed by atoms with Gasteiger partial charge in [-0.1, -0.05) is 0 Å². The first-order chi connectivity index (χ1) is 14.1. The number of hydrogen-bond donors (Lipinski definition) is 2. The number of rotatable bonds is 5. The Morgan fingerprint density at radius 2 is 2.10 bits per heavy atom. The standard InChI is InChI=1S/C22H22FN3O3/c1-3-29-22(27)15-6-8-24-12-18(15)19-11-17-14(7-9-25-21(17)26-19)16-10-13(23)4-5-20(16)28-2/h4-5,7,9-11,24H,3,6,8,12H2,1-2H3,(H,25,26). The number of carbonyl (C=O) groups is 1. The van der Waals surface area contributed by atoms with Crippen LogP contribution >= 0.6 is 0 Å². The minimum absolute atomic E-state index is 0.289. The molecular formula is C22H22FN3O3. The molecule has 0 radical (unpaired) electrons. The van der Waals surface area contributed by atoms with Crippen molar-refractivity contribution in [3.05, 3.63) is 53.6 Å². The molecule has 0 spiro atoms. The van der Waals surface area contributed by atoms with Crippen molar-refractivity contribution in [2.45, 2.75) is 13.3 Å². The number of aromatic nitrogens is 2. The van der Waals surface area contributed by atoms with E-state index in [1.54, 1.807) is 26.3 Å². The topological polar surface area (TPSA) is 76.2 Å². The van der Waals surface area contributed by atoms with Gasteiger partial charge in [-0.15, -0.1) is 0 Å². The summed E-state index contributed by atoms with van der Waals surface area (Å²) in [6, 6.07) is 8.21. The van der Waals surface area contributed by atoms with Crippen molar-refractivity contribution in [2.24, 2.45) is 0 Å². The lowest BCUT2D eigenvalue weighted by Crippen LogP contribution is -2.28. The van der Waals surface area contributed by atoms with Crippen molar-refractivity contribution in [1.82, 2.24) is 15.3 Å². The maximum atomic E-state index is 13.9. The van der Waals surface area contributed by atoms with Gasteiger partial charge < -0.3 is 19.8 Å². The summed E-state index contributed by atoms with van der Waals surface area (Å²) in [6.07, 6.45) is 2.27. The number of ether oxygens (including phenoxy) is 2. The van der Waals surface area contributed by atoms with Gasteiger partial charge in [0.1, 0.15) is 17.2 Å². The molecular weight excluding hydrogens is 373 g/mol. The van der Waals surface area contributed by atoms with E-state index in [1.165, 1.54) is 12.1 Å². The van der Waals surface area contributed by atoms with Crippen LogP contribution in [0.3, 0.4) is 0 Å². The number of carbonyl (C=O) groups excluding carboxylic acids is 1. The fourth-order valence-electron chi connectivity index (χ4n) is 3.70. The Bertz CT molecular complexity index is 1100. The molecule has 0 unspecified atom stereocenters. The molecule has 4 rings (SSSR count). The number of pyridine rings is 1. The number of esters is 1. The second kappa shape index (κ2) is 8.05. The Hall–Kier alpha value is -3.19. The van der Waals surface area contributed by atoms with E-state index < -0.39 is 0 Å². The first-order valence-electron chi connectivity index (χ1n) is 9.54. The van der Waals surface area contributed by atoms with Crippen molar-refractivity contribution in [3.63, 3.8) is 0 Å². The average Bonchev–Trinajstić information content (AvgIpc) is 3.18. The van der Waals surface area contributed by atoms with E-state index in [0.29, 0.717) is 42.1 Å². The van der Waals surface area contributed by atoms with Crippen molar-refractivity contribution < 1.29 is 18.7 Å². The van der Waals surface area contributed by atoms with Gasteiger partial charge >= 0.3 is 5.97 Å². The van der Waals surface area contributed by atoms with E-state index in [9.17, 15) is 9.18 Å². The number of benzene rings is 1. The molecule has 3 heterocycles. The van der Waals surface area contributed by atoms with Crippen molar-refractivity contribution >= 4 is 22.6 Å². The molecule has 2 N–H and O–H groups in total. The molecule has 0 bridgehead atoms. The Labute approximate surface area is 167 Å². The van der Waals surface area contributed by atoms with E-state index in [2.05, 4.69) is 15.3 Å². The first kappa shape index (κ1) is 19.1. The Morgan fingerprint density at radius 3 is 2.90 bits per heavy atom. The molecule has 0 aliphatic carbocycles. The van der Waals surface area contributed by atoms with Gasteiger partial charge in [-0.2, -0.15) is 0 Å². The number of halogens is 1. The van der Waals surface area contributed by atoms with Crippen LogP contribution in [-0.4, -0.2) is 42.7 Å². The van der Waals surface area contributed by atoms with Crippen LogP contribution in [0.25, 0.3) is 27.7 Å². The summed E-state index contributed by atoms with van der Waals surface area (Å²) < 4.78 is 24.6. The monoisotopic (exact) mass is 395 g/mol. The van der Waals surface area contributed by atoms with Gasteiger partial charge in [0, 0.05) is 35.0 Å². The number of fused-ring (bicyclic) bond motifs is 1. The lowest BCUT2D eigenvalue weighted by atomic mass is 9.98. The van der Waals surface area contributed by atoms with E-state index in [1.807, 2.05) is 12.1 Å². The number of aromatic amines is 1. The summed E-state index contributed by atoms with van der Waals surface area (Å²) in [7, 11) is 1.56. The predicted molar refractivity (Wildman–Crippen MR) is 109 cm³/mol. The van der Waals surface area contributed by atoms with E-state index in [4.69, 9.17) is 9.47 Å². The van der Waals surface area contributed by atoms with E-state index >= 15 is 0 Å². The van der Waals surface area contributed by atoms with Crippen molar-refractivity contribution in [1.29, 1.82) is 0 Å². The highest BCUT2D eigenvalue weighted by Crippen LogP contribution is 2.36. The molecule has 0 atom stereocenters. The van der Waals surface area contributed by atoms with Crippen LogP contribution in [0.4, 0.5) is 4.39 Å². The van der Waals surface area contributed by atoms with Crippen LogP contribution in [0.1, 0.15) is 19.0 Å². The summed E-state index contributed by atoms with van der Waals surface area (Å²) in [5.74, 6) is -0.0552. The van der Waals surface area contributed by atoms with Gasteiger partial charge in [0.15, 0.2) is 0 Å². The zero-order chi connectivity index (χ0) is 20.4. The summed E-state index contributed by atoms with van der Waals surface area (Å²) in [5.41, 5.74) is 4.44. The molecule has 29 heavy (non-hydrogen) atoms. The largest absolute Gasteiger partial charge is 0.496 e. The van der Waals surface area contributed by atoms with Gasteiger partial charge in [-0.25, -0.2) is 14.2 Å². The third kappa shape index (κ3) is 3.61. The minimum atomic E-state index is -0.342. The summed E-state index contributed by atoms with van der Waals surface area (Å²) in [5, 5.41) is 4.13. The quantitative estimate of drug-likeness (QED) is 0.645. The van der Waals surface area contributed by atoms with Crippen LogP contribution in [-0.2, 0) is 9.53 Å². The number of nitrogens with one attached hydrogen (secondary N) is 2. The number of H-pyrrole nitrogens is 1. The maximum Gasteiger partial charge on any atom is 0.334 e. The number of methoxy groups -OCH3 is 1. The number of nitrogens with zero attached hydrogens (tertiary/aromatic N) is 1. The molecule has 1 aliphatic heterocycles. The Balaban J connectivity index is 1.87. The highest BCUT2D eigenvalue weighted by Gasteiger charge is 2.23. The Morgan fingerprint density at radius 1 is 1.24 bits per heavy atom. The third-order valence-corrected chi connectivity index (χ3v) is 5.05. The van der Waals surface area contributed by atoms with Crippen LogP contribution in [0.15, 0.2) is 42.1 Å². The normalized spacial score (nSPS) is 14.3. The summed E-state index contributed by atoms with van der Waals surface area (Å²) in [4.78, 5) is 20.1. The molecule has 1 aromatic carbocycles. The van der Waals surface area contributed by atoms with Crippen molar-refractivity contribution in [3.8, 4) is 16.9 Å². The lowest BCUT2D eigenvalue weighted by molar-refractivity contribution is -0.138. The molecule has 150 valence electrons. The molecule has 3 aromatic rings. The van der Waals surface area contributed by atoms with E-state index in [0.717, 1.165) is 28.8 Å². The summed E-state index contributed by atoms with van der Waals surface area (Å²) >= 11 is 0. The number of hydrogen-bond acceptors (Lipinski definition) is 5. The second-order valence-electron chi connectivity index (χ2n) is 6.75. The van der Waals surface area contributed by atoms with Crippen LogP contribution < -0.4 is 10.1 Å². The van der Waals surface area contributed by atoms with Crippen LogP contribution in [0.5, 0.6) is 5.75 Å². The SMILES string of the molecule is CCOC(=O)C1=C(c2cc3c(-c4cc(F)ccc4OC)ccnc3[nH]2)CNCC1.